The molecule has 1 amide bonds. The maximum absolute atomic E-state index is 11.1. The van der Waals surface area contributed by atoms with Crippen LogP contribution in [0.25, 0.3) is 0 Å². The van der Waals surface area contributed by atoms with Gasteiger partial charge in [0.25, 0.3) is 0 Å². The molecule has 102 valence electrons. The van der Waals surface area contributed by atoms with E-state index < -0.39 is 0 Å². The van der Waals surface area contributed by atoms with Gasteiger partial charge in [0.15, 0.2) is 0 Å². The number of nitriles is 1. The lowest BCUT2D eigenvalue weighted by Gasteiger charge is -2.09. The Hall–Kier alpha value is -2.81. The molecule has 0 aliphatic carbocycles. The number of anilines is 3. The average Bonchev–Trinajstić information content (AvgIpc) is 2.63. The first-order chi connectivity index (χ1) is 9.51. The number of nitrogens with one attached hydrogen (secondary N) is 2. The first-order valence-electron chi connectivity index (χ1n) is 6.09. The highest BCUT2D eigenvalue weighted by atomic mass is 16.1. The predicted octanol–water partition coefficient (Wildman–Crippen LogP) is 2.30. The third-order valence-corrected chi connectivity index (χ3v) is 2.78. The molecule has 0 atom stereocenters. The number of hydrogen-bond donors (Lipinski definition) is 2. The minimum absolute atomic E-state index is 0.128. The van der Waals surface area contributed by atoms with Crippen molar-refractivity contribution in [2.75, 3.05) is 10.6 Å². The molecule has 0 radical (unpaired) electrons. The molecule has 0 bridgehead atoms. The van der Waals surface area contributed by atoms with Gasteiger partial charge in [-0.3, -0.25) is 9.48 Å². The summed E-state index contributed by atoms with van der Waals surface area (Å²) in [4.78, 5) is 11.1. The smallest absolute Gasteiger partial charge is 0.221 e. The highest BCUT2D eigenvalue weighted by Crippen LogP contribution is 2.24. The Kier molecular flexibility index (Phi) is 3.71. The summed E-state index contributed by atoms with van der Waals surface area (Å²) in [6.07, 6.45) is 0. The van der Waals surface area contributed by atoms with Crippen LogP contribution >= 0.6 is 0 Å². The molecule has 0 fully saturated rings. The van der Waals surface area contributed by atoms with Crippen LogP contribution in [0.1, 0.15) is 18.2 Å². The van der Waals surface area contributed by atoms with Gasteiger partial charge in [-0.05, 0) is 25.1 Å². The van der Waals surface area contributed by atoms with Crippen molar-refractivity contribution in [1.29, 1.82) is 5.26 Å². The molecular formula is C14H15N5O. The molecule has 20 heavy (non-hydrogen) atoms. The van der Waals surface area contributed by atoms with Crippen molar-refractivity contribution in [3.63, 3.8) is 0 Å². The number of benzene rings is 1. The number of amides is 1. The minimum atomic E-state index is -0.128. The number of hydrogen-bond acceptors (Lipinski definition) is 4. The topological polar surface area (TPSA) is 82.7 Å². The summed E-state index contributed by atoms with van der Waals surface area (Å²) in [6, 6.07) is 9.41. The highest BCUT2D eigenvalue weighted by molar-refractivity contribution is 5.89. The molecule has 6 nitrogen and oxygen atoms in total. The number of rotatable bonds is 3. The van der Waals surface area contributed by atoms with E-state index in [1.165, 1.54) is 6.92 Å². The van der Waals surface area contributed by atoms with Gasteiger partial charge < -0.3 is 10.6 Å². The van der Waals surface area contributed by atoms with Gasteiger partial charge >= 0.3 is 0 Å². The monoisotopic (exact) mass is 269 g/mol. The van der Waals surface area contributed by atoms with Gasteiger partial charge in [0, 0.05) is 25.3 Å². The van der Waals surface area contributed by atoms with E-state index in [1.54, 1.807) is 30.8 Å². The normalized spacial score (nSPS) is 9.90. The highest BCUT2D eigenvalue weighted by Gasteiger charge is 2.12. The van der Waals surface area contributed by atoms with Crippen LogP contribution in [0.3, 0.4) is 0 Å². The lowest BCUT2D eigenvalue weighted by molar-refractivity contribution is -0.114. The molecule has 1 aromatic heterocycles. The number of aromatic nitrogens is 2. The van der Waals surface area contributed by atoms with Crippen LogP contribution in [-0.2, 0) is 11.8 Å². The Morgan fingerprint density at radius 3 is 2.75 bits per heavy atom. The number of aryl methyl sites for hydroxylation is 2. The fourth-order valence-corrected chi connectivity index (χ4v) is 1.95. The van der Waals surface area contributed by atoms with Gasteiger partial charge in [-0.15, -0.1) is 0 Å². The maximum atomic E-state index is 11.1. The molecular weight excluding hydrogens is 254 g/mol. The molecule has 6 heteroatoms. The summed E-state index contributed by atoms with van der Waals surface area (Å²) in [6.45, 7) is 3.25. The number of nitrogens with zero attached hydrogens (tertiary/aromatic N) is 3. The van der Waals surface area contributed by atoms with Crippen molar-refractivity contribution in [3.05, 3.63) is 35.5 Å². The largest absolute Gasteiger partial charge is 0.339 e. The Morgan fingerprint density at radius 2 is 2.10 bits per heavy atom. The van der Waals surface area contributed by atoms with E-state index in [0.717, 1.165) is 5.69 Å². The third-order valence-electron chi connectivity index (χ3n) is 2.78. The lowest BCUT2D eigenvalue weighted by Crippen LogP contribution is -2.06. The maximum Gasteiger partial charge on any atom is 0.221 e. The summed E-state index contributed by atoms with van der Waals surface area (Å²) in [5, 5.41) is 19.2. The zero-order chi connectivity index (χ0) is 14.7. The summed E-state index contributed by atoms with van der Waals surface area (Å²) in [7, 11) is 1.77. The predicted molar refractivity (Wildman–Crippen MR) is 76.7 cm³/mol. The summed E-state index contributed by atoms with van der Waals surface area (Å²) in [5.41, 5.74) is 2.66. The van der Waals surface area contributed by atoms with Crippen molar-refractivity contribution in [2.24, 2.45) is 7.05 Å². The van der Waals surface area contributed by atoms with Gasteiger partial charge in [0.1, 0.15) is 17.5 Å². The number of carbonyl (C=O) groups is 1. The van der Waals surface area contributed by atoms with Crippen LogP contribution in [0.15, 0.2) is 24.3 Å². The quantitative estimate of drug-likeness (QED) is 0.895. The van der Waals surface area contributed by atoms with Crippen LogP contribution in [0, 0.1) is 18.3 Å². The summed E-state index contributed by atoms with van der Waals surface area (Å²) >= 11 is 0. The molecule has 2 N–H and O–H groups in total. The number of carbonyl (C=O) groups excluding carboxylic acids is 1. The molecule has 1 aromatic carbocycles. The molecule has 0 saturated carbocycles. The summed E-state index contributed by atoms with van der Waals surface area (Å²) in [5.74, 6) is 0.501. The minimum Gasteiger partial charge on any atom is -0.339 e. The fourth-order valence-electron chi connectivity index (χ4n) is 1.95. The fraction of sp³-hybridized carbons (Fsp3) is 0.214. The Bertz CT molecular complexity index is 696. The molecule has 0 aliphatic heterocycles. The van der Waals surface area contributed by atoms with Crippen LogP contribution in [0.5, 0.6) is 0 Å². The van der Waals surface area contributed by atoms with Gasteiger partial charge in [-0.1, -0.05) is 6.07 Å². The van der Waals surface area contributed by atoms with Crippen molar-refractivity contribution in [2.45, 2.75) is 13.8 Å². The van der Waals surface area contributed by atoms with E-state index in [0.29, 0.717) is 22.8 Å². The van der Waals surface area contributed by atoms with E-state index in [9.17, 15) is 4.79 Å². The van der Waals surface area contributed by atoms with Gasteiger partial charge in [0.2, 0.25) is 5.91 Å². The Labute approximate surface area is 117 Å². The zero-order valence-electron chi connectivity index (χ0n) is 11.6. The van der Waals surface area contributed by atoms with E-state index >= 15 is 0 Å². The first-order valence-corrected chi connectivity index (χ1v) is 6.09. The molecule has 1 heterocycles. The second-order valence-electron chi connectivity index (χ2n) is 4.43. The summed E-state index contributed by atoms with van der Waals surface area (Å²) < 4.78 is 1.62. The van der Waals surface area contributed by atoms with E-state index in [4.69, 9.17) is 5.26 Å². The van der Waals surface area contributed by atoms with E-state index in [1.807, 2.05) is 12.1 Å². The Morgan fingerprint density at radius 1 is 1.40 bits per heavy atom. The first kappa shape index (κ1) is 13.6. The zero-order valence-corrected chi connectivity index (χ0v) is 11.6. The van der Waals surface area contributed by atoms with Crippen LogP contribution in [0.4, 0.5) is 17.2 Å². The molecule has 2 rings (SSSR count). The lowest BCUT2D eigenvalue weighted by atomic mass is 10.2. The second kappa shape index (κ2) is 5.45. The SMILES string of the molecule is CC(=O)Nc1cccc(Nc2c(C#N)c(C)nn2C)c1. The van der Waals surface area contributed by atoms with Crippen LogP contribution in [0.2, 0.25) is 0 Å². The van der Waals surface area contributed by atoms with Crippen molar-refractivity contribution in [1.82, 2.24) is 9.78 Å². The second-order valence-corrected chi connectivity index (χ2v) is 4.43. The average molecular weight is 269 g/mol. The molecule has 0 aliphatic rings. The van der Waals surface area contributed by atoms with E-state index in [2.05, 4.69) is 21.8 Å². The Balaban J connectivity index is 2.31. The molecule has 0 spiro atoms. The van der Waals surface area contributed by atoms with Gasteiger partial charge in [0.05, 0.1) is 5.69 Å². The van der Waals surface area contributed by atoms with Crippen molar-refractivity contribution < 1.29 is 4.79 Å². The van der Waals surface area contributed by atoms with Crippen molar-refractivity contribution in [3.8, 4) is 6.07 Å². The molecule has 0 unspecified atom stereocenters. The van der Waals surface area contributed by atoms with Gasteiger partial charge in [-0.25, -0.2) is 0 Å². The standard InChI is InChI=1S/C14H15N5O/c1-9-13(8-15)14(19(3)18-9)17-12-6-4-5-11(7-12)16-10(2)20/h4-7,17H,1-3H3,(H,16,20). The van der Waals surface area contributed by atoms with Crippen LogP contribution in [-0.4, -0.2) is 15.7 Å². The molecule has 2 aromatic rings. The van der Waals surface area contributed by atoms with Gasteiger partial charge in [-0.2, -0.15) is 10.4 Å². The van der Waals surface area contributed by atoms with Crippen LogP contribution < -0.4 is 10.6 Å². The van der Waals surface area contributed by atoms with E-state index in [-0.39, 0.29) is 5.91 Å². The van der Waals surface area contributed by atoms with Crippen molar-refractivity contribution >= 4 is 23.1 Å². The third kappa shape index (κ3) is 2.78. The molecule has 0 saturated heterocycles.